The molecule has 0 aromatic heterocycles. The molecule has 0 aliphatic carbocycles. The van der Waals surface area contributed by atoms with Crippen molar-refractivity contribution in [3.8, 4) is 0 Å². The van der Waals surface area contributed by atoms with Gasteiger partial charge in [-0.15, -0.1) is 0 Å². The second kappa shape index (κ2) is 4.21. The maximum Gasteiger partial charge on any atom is 0.343 e. The first kappa shape index (κ1) is 11.9. The van der Waals surface area contributed by atoms with Gasteiger partial charge in [0.05, 0.1) is 0 Å². The van der Waals surface area contributed by atoms with Crippen LogP contribution in [-0.2, 0) is 15.1 Å². The molecule has 3 heteroatoms. The fourth-order valence-electron chi connectivity index (χ4n) is 2.39. The Morgan fingerprint density at radius 2 is 1.74 bits per heavy atom. The van der Waals surface area contributed by atoms with Crippen molar-refractivity contribution in [1.82, 2.24) is 0 Å². The summed E-state index contributed by atoms with van der Waals surface area (Å²) < 4.78 is 5.58. The number of aliphatic carboxylic acids is 1. The molecule has 2 aromatic carbocycles. The molecule has 1 N–H and O–H groups in total. The molecule has 2 unspecified atom stereocenters. The highest BCUT2D eigenvalue weighted by molar-refractivity contribution is 5.84. The van der Waals surface area contributed by atoms with Gasteiger partial charge in [0.25, 0.3) is 0 Å². The van der Waals surface area contributed by atoms with E-state index in [2.05, 4.69) is 0 Å². The summed E-state index contributed by atoms with van der Waals surface area (Å²) >= 11 is 0. The second-order valence-corrected chi connectivity index (χ2v) is 4.82. The van der Waals surface area contributed by atoms with Crippen LogP contribution >= 0.6 is 0 Å². The van der Waals surface area contributed by atoms with Crippen LogP contribution in [0.1, 0.15) is 22.8 Å². The summed E-state index contributed by atoms with van der Waals surface area (Å²) in [6.45, 7) is 2.00. The molecule has 0 spiro atoms. The van der Waals surface area contributed by atoms with Gasteiger partial charge in [0.15, 0.2) is 0 Å². The minimum Gasteiger partial charge on any atom is -0.479 e. The van der Waals surface area contributed by atoms with E-state index in [9.17, 15) is 9.90 Å². The van der Waals surface area contributed by atoms with Crippen LogP contribution in [0.25, 0.3) is 0 Å². The number of hydrogen-bond acceptors (Lipinski definition) is 2. The van der Waals surface area contributed by atoms with E-state index >= 15 is 0 Å². The topological polar surface area (TPSA) is 49.8 Å². The number of carbonyl (C=O) groups is 1. The highest BCUT2D eigenvalue weighted by atomic mass is 16.6. The number of hydrogen-bond donors (Lipinski definition) is 1. The molecule has 1 fully saturated rings. The lowest BCUT2D eigenvalue weighted by Crippen LogP contribution is -2.22. The first-order valence-electron chi connectivity index (χ1n) is 6.18. The minimum atomic E-state index is -1.23. The normalized spacial score (nSPS) is 25.0. The molecule has 19 heavy (non-hydrogen) atoms. The van der Waals surface area contributed by atoms with Crippen molar-refractivity contribution >= 4 is 5.97 Å². The second-order valence-electron chi connectivity index (χ2n) is 4.82. The number of aryl methyl sites for hydroxylation is 1. The van der Waals surface area contributed by atoms with E-state index in [1.807, 2.05) is 49.4 Å². The Hall–Kier alpha value is -2.13. The lowest BCUT2D eigenvalue weighted by molar-refractivity contribution is -0.143. The van der Waals surface area contributed by atoms with Crippen LogP contribution in [0.2, 0.25) is 0 Å². The molecule has 96 valence electrons. The van der Waals surface area contributed by atoms with E-state index in [-0.39, 0.29) is 0 Å². The lowest BCUT2D eigenvalue weighted by atomic mass is 9.91. The summed E-state index contributed by atoms with van der Waals surface area (Å²) in [4.78, 5) is 11.6. The van der Waals surface area contributed by atoms with Crippen LogP contribution in [0.3, 0.4) is 0 Å². The molecule has 1 aliphatic heterocycles. The van der Waals surface area contributed by atoms with Gasteiger partial charge in [0.1, 0.15) is 6.10 Å². The highest BCUT2D eigenvalue weighted by Gasteiger charge is 2.65. The first-order valence-corrected chi connectivity index (χ1v) is 6.18. The summed E-state index contributed by atoms with van der Waals surface area (Å²) in [5.41, 5.74) is 1.51. The van der Waals surface area contributed by atoms with Crippen molar-refractivity contribution in [2.75, 3.05) is 0 Å². The zero-order valence-electron chi connectivity index (χ0n) is 10.5. The summed E-state index contributed by atoms with van der Waals surface area (Å²) in [7, 11) is 0. The average molecular weight is 254 g/mol. The highest BCUT2D eigenvalue weighted by Crippen LogP contribution is 2.57. The fourth-order valence-corrected chi connectivity index (χ4v) is 2.39. The third-order valence-electron chi connectivity index (χ3n) is 3.52. The summed E-state index contributed by atoms with van der Waals surface area (Å²) in [5, 5.41) is 9.52. The van der Waals surface area contributed by atoms with Crippen LogP contribution in [0.5, 0.6) is 0 Å². The Labute approximate surface area is 111 Å². The average Bonchev–Trinajstić information content (AvgIpc) is 3.17. The molecule has 3 rings (SSSR count). The maximum absolute atomic E-state index is 11.6. The SMILES string of the molecule is Cc1ccc(C2OC2(C(=O)O)c2ccccc2)cc1. The number of carboxylic acid groups (broad SMARTS) is 1. The van der Waals surface area contributed by atoms with Gasteiger partial charge >= 0.3 is 5.97 Å². The van der Waals surface area contributed by atoms with Gasteiger partial charge in [-0.3, -0.25) is 0 Å². The van der Waals surface area contributed by atoms with Gasteiger partial charge in [-0.25, -0.2) is 4.79 Å². The molecule has 1 saturated heterocycles. The molecule has 1 heterocycles. The summed E-state index contributed by atoms with van der Waals surface area (Å²) in [6, 6.07) is 16.9. The molecular weight excluding hydrogens is 240 g/mol. The fraction of sp³-hybridized carbons (Fsp3) is 0.188. The molecule has 0 saturated carbocycles. The predicted molar refractivity (Wildman–Crippen MR) is 70.8 cm³/mol. The Morgan fingerprint density at radius 3 is 2.32 bits per heavy atom. The van der Waals surface area contributed by atoms with Gasteiger partial charge in [0.2, 0.25) is 5.60 Å². The molecular formula is C16H14O3. The number of benzene rings is 2. The van der Waals surface area contributed by atoms with E-state index in [0.29, 0.717) is 5.56 Å². The van der Waals surface area contributed by atoms with Crippen molar-refractivity contribution in [3.05, 3.63) is 71.3 Å². The van der Waals surface area contributed by atoms with Crippen LogP contribution in [-0.4, -0.2) is 11.1 Å². The molecule has 2 aromatic rings. The van der Waals surface area contributed by atoms with Gasteiger partial charge < -0.3 is 9.84 Å². The molecule has 0 amide bonds. The Bertz CT molecular complexity index is 604. The zero-order valence-corrected chi connectivity index (χ0v) is 10.5. The van der Waals surface area contributed by atoms with E-state index < -0.39 is 17.7 Å². The maximum atomic E-state index is 11.6. The Morgan fingerprint density at radius 1 is 1.11 bits per heavy atom. The van der Waals surface area contributed by atoms with E-state index in [4.69, 9.17) is 4.74 Å². The van der Waals surface area contributed by atoms with Gasteiger partial charge in [-0.2, -0.15) is 0 Å². The van der Waals surface area contributed by atoms with Crippen LogP contribution in [0, 0.1) is 6.92 Å². The quantitative estimate of drug-likeness (QED) is 0.856. The van der Waals surface area contributed by atoms with Gasteiger partial charge in [0, 0.05) is 0 Å². The predicted octanol–water partition coefficient (Wildman–Crippen LogP) is 3.05. The summed E-state index contributed by atoms with van der Waals surface area (Å²) in [5.74, 6) is -0.940. The third-order valence-corrected chi connectivity index (χ3v) is 3.52. The van der Waals surface area contributed by atoms with Crippen molar-refractivity contribution < 1.29 is 14.6 Å². The van der Waals surface area contributed by atoms with Crippen molar-refractivity contribution in [2.24, 2.45) is 0 Å². The van der Waals surface area contributed by atoms with Crippen molar-refractivity contribution in [3.63, 3.8) is 0 Å². The number of rotatable bonds is 3. The van der Waals surface area contributed by atoms with E-state index in [1.165, 1.54) is 0 Å². The third kappa shape index (κ3) is 1.83. The number of carboxylic acids is 1. The first-order chi connectivity index (χ1) is 9.14. The number of epoxide rings is 1. The van der Waals surface area contributed by atoms with Gasteiger partial charge in [-0.05, 0) is 18.1 Å². The molecule has 0 radical (unpaired) electrons. The molecule has 0 bridgehead atoms. The van der Waals surface area contributed by atoms with Gasteiger partial charge in [-0.1, -0.05) is 60.2 Å². The Balaban J connectivity index is 1.99. The molecule has 1 aliphatic rings. The number of ether oxygens (including phenoxy) is 1. The Kier molecular flexibility index (Phi) is 2.64. The lowest BCUT2D eigenvalue weighted by Gasteiger charge is -2.08. The van der Waals surface area contributed by atoms with Crippen LogP contribution < -0.4 is 0 Å². The van der Waals surface area contributed by atoms with Crippen molar-refractivity contribution in [1.29, 1.82) is 0 Å². The zero-order chi connectivity index (χ0) is 13.5. The van der Waals surface area contributed by atoms with Crippen LogP contribution in [0.4, 0.5) is 0 Å². The van der Waals surface area contributed by atoms with Crippen LogP contribution in [0.15, 0.2) is 54.6 Å². The largest absolute Gasteiger partial charge is 0.479 e. The molecule has 3 nitrogen and oxygen atoms in total. The van der Waals surface area contributed by atoms with E-state index in [1.54, 1.807) is 12.1 Å². The van der Waals surface area contributed by atoms with E-state index in [0.717, 1.165) is 11.1 Å². The summed E-state index contributed by atoms with van der Waals surface area (Å²) in [6.07, 6.45) is -0.409. The van der Waals surface area contributed by atoms with Crippen molar-refractivity contribution in [2.45, 2.75) is 18.6 Å². The minimum absolute atomic E-state index is 0.409. The monoisotopic (exact) mass is 254 g/mol. The smallest absolute Gasteiger partial charge is 0.343 e. The standard InChI is InChI=1S/C16H14O3/c1-11-7-9-12(10-8-11)14-16(19-14,15(17)18)13-5-3-2-4-6-13/h2-10,14H,1H3,(H,17,18). The molecule has 2 atom stereocenters.